The Morgan fingerprint density at radius 1 is 1.29 bits per heavy atom. The van der Waals surface area contributed by atoms with Gasteiger partial charge in [-0.15, -0.1) is 0 Å². The fourth-order valence-corrected chi connectivity index (χ4v) is 3.35. The van der Waals surface area contributed by atoms with Crippen LogP contribution in [0, 0.1) is 11.7 Å². The van der Waals surface area contributed by atoms with E-state index in [9.17, 15) is 18.8 Å². The molecule has 7 nitrogen and oxygen atoms in total. The van der Waals surface area contributed by atoms with Gasteiger partial charge >= 0.3 is 6.03 Å². The minimum absolute atomic E-state index is 0.107. The van der Waals surface area contributed by atoms with Gasteiger partial charge in [-0.1, -0.05) is 26.0 Å². The molecule has 0 unspecified atom stereocenters. The average molecular weight is 388 g/mol. The number of benzene rings is 1. The van der Waals surface area contributed by atoms with E-state index in [2.05, 4.69) is 10.6 Å². The van der Waals surface area contributed by atoms with E-state index >= 15 is 0 Å². The molecule has 4 amide bonds. The van der Waals surface area contributed by atoms with Gasteiger partial charge in [0.2, 0.25) is 5.91 Å². The normalized spacial score (nSPS) is 19.2. The molecular weight excluding hydrogens is 363 g/mol. The van der Waals surface area contributed by atoms with Crippen molar-refractivity contribution in [3.05, 3.63) is 46.9 Å². The van der Waals surface area contributed by atoms with Crippen molar-refractivity contribution in [3.63, 3.8) is 0 Å². The van der Waals surface area contributed by atoms with E-state index < -0.39 is 6.04 Å². The van der Waals surface area contributed by atoms with Crippen LogP contribution >= 0.6 is 0 Å². The molecule has 28 heavy (non-hydrogen) atoms. The van der Waals surface area contributed by atoms with Crippen molar-refractivity contribution in [3.8, 4) is 0 Å². The van der Waals surface area contributed by atoms with Gasteiger partial charge in [0, 0.05) is 26.6 Å². The van der Waals surface area contributed by atoms with Crippen molar-refractivity contribution in [2.75, 3.05) is 26.7 Å². The van der Waals surface area contributed by atoms with Gasteiger partial charge in [-0.3, -0.25) is 14.5 Å². The number of hydrogen-bond acceptors (Lipinski definition) is 3. The number of halogens is 1. The van der Waals surface area contributed by atoms with Crippen molar-refractivity contribution < 1.29 is 18.8 Å². The lowest BCUT2D eigenvalue weighted by atomic mass is 9.96. The average Bonchev–Trinajstić information content (AvgIpc) is 2.99. The molecule has 1 atom stereocenters. The van der Waals surface area contributed by atoms with Crippen molar-refractivity contribution >= 4 is 17.8 Å². The molecule has 0 aliphatic carbocycles. The molecule has 0 radical (unpaired) electrons. The van der Waals surface area contributed by atoms with Crippen LogP contribution in [0.15, 0.2) is 35.5 Å². The molecule has 2 aliphatic heterocycles. The number of likely N-dealkylation sites (N-methyl/N-ethyl adjacent to an activating group) is 1. The highest BCUT2D eigenvalue weighted by atomic mass is 19.1. The Kier molecular flexibility index (Phi) is 5.67. The zero-order chi connectivity index (χ0) is 20.4. The summed E-state index contributed by atoms with van der Waals surface area (Å²) >= 11 is 0. The van der Waals surface area contributed by atoms with Crippen molar-refractivity contribution in [2.45, 2.75) is 26.3 Å². The van der Waals surface area contributed by atoms with Gasteiger partial charge < -0.3 is 15.5 Å². The molecular formula is C20H25FN4O3. The maximum Gasteiger partial charge on any atom is 0.322 e. The summed E-state index contributed by atoms with van der Waals surface area (Å²) in [6.07, 6.45) is 0.200. The summed E-state index contributed by atoms with van der Waals surface area (Å²) in [5, 5.41) is 5.64. The largest absolute Gasteiger partial charge is 0.356 e. The number of urea groups is 1. The number of rotatable bonds is 6. The van der Waals surface area contributed by atoms with Crippen LogP contribution in [0.3, 0.4) is 0 Å². The second-order valence-corrected chi connectivity index (χ2v) is 7.53. The highest BCUT2D eigenvalue weighted by Gasteiger charge is 2.42. The first-order valence-corrected chi connectivity index (χ1v) is 9.36. The summed E-state index contributed by atoms with van der Waals surface area (Å²) in [6.45, 7) is 5.16. The molecule has 3 rings (SSSR count). The first kappa shape index (κ1) is 19.9. The SMILES string of the molecule is CC(C)CNC(=O)CCN1CC2=C(C1=O)[C@H](c1ccc(F)cc1)NC(=O)N2C. The van der Waals surface area contributed by atoms with Gasteiger partial charge in [-0.25, -0.2) is 9.18 Å². The lowest BCUT2D eigenvalue weighted by molar-refractivity contribution is -0.127. The van der Waals surface area contributed by atoms with Crippen LogP contribution in [0.2, 0.25) is 0 Å². The first-order chi connectivity index (χ1) is 13.3. The molecule has 0 saturated heterocycles. The Bertz CT molecular complexity index is 819. The van der Waals surface area contributed by atoms with Gasteiger partial charge in [0.1, 0.15) is 5.82 Å². The molecule has 2 aliphatic rings. The lowest BCUT2D eigenvalue weighted by Crippen LogP contribution is -2.45. The number of carbonyl (C=O) groups excluding carboxylic acids is 3. The molecule has 1 aromatic rings. The Morgan fingerprint density at radius 2 is 1.96 bits per heavy atom. The molecule has 0 aromatic heterocycles. The van der Waals surface area contributed by atoms with Gasteiger partial charge in [0.15, 0.2) is 0 Å². The highest BCUT2D eigenvalue weighted by molar-refractivity contribution is 6.01. The Labute approximate surface area is 163 Å². The Morgan fingerprint density at radius 3 is 2.61 bits per heavy atom. The van der Waals surface area contributed by atoms with E-state index in [4.69, 9.17) is 0 Å². The smallest absolute Gasteiger partial charge is 0.322 e. The maximum atomic E-state index is 13.3. The van der Waals surface area contributed by atoms with Crippen LogP contribution < -0.4 is 10.6 Å². The van der Waals surface area contributed by atoms with Crippen molar-refractivity contribution in [1.82, 2.24) is 20.4 Å². The Hall–Kier alpha value is -2.90. The van der Waals surface area contributed by atoms with Gasteiger partial charge in [0.05, 0.1) is 23.9 Å². The van der Waals surface area contributed by atoms with Crippen LogP contribution in [0.4, 0.5) is 9.18 Å². The number of hydrogen-bond donors (Lipinski definition) is 2. The molecule has 2 N–H and O–H groups in total. The highest BCUT2D eigenvalue weighted by Crippen LogP contribution is 2.35. The molecule has 0 spiro atoms. The third kappa shape index (κ3) is 4.00. The summed E-state index contributed by atoms with van der Waals surface area (Å²) in [4.78, 5) is 40.3. The summed E-state index contributed by atoms with van der Waals surface area (Å²) in [6, 6.07) is 4.77. The van der Waals surface area contributed by atoms with E-state index in [1.54, 1.807) is 24.1 Å². The third-order valence-corrected chi connectivity index (χ3v) is 4.95. The lowest BCUT2D eigenvalue weighted by Gasteiger charge is -2.31. The molecule has 0 saturated carbocycles. The van der Waals surface area contributed by atoms with Gasteiger partial charge in [0.25, 0.3) is 5.91 Å². The summed E-state index contributed by atoms with van der Waals surface area (Å²) < 4.78 is 13.3. The summed E-state index contributed by atoms with van der Waals surface area (Å²) in [5.41, 5.74) is 1.72. The van der Waals surface area contributed by atoms with Crippen LogP contribution in [-0.2, 0) is 9.59 Å². The van der Waals surface area contributed by atoms with E-state index in [0.717, 1.165) is 0 Å². The monoisotopic (exact) mass is 388 g/mol. The van der Waals surface area contributed by atoms with Crippen LogP contribution in [0.25, 0.3) is 0 Å². The third-order valence-electron chi connectivity index (χ3n) is 4.95. The quantitative estimate of drug-likeness (QED) is 0.779. The zero-order valence-corrected chi connectivity index (χ0v) is 16.3. The molecule has 2 heterocycles. The van der Waals surface area contributed by atoms with Crippen LogP contribution in [0.1, 0.15) is 31.9 Å². The predicted molar refractivity (Wildman–Crippen MR) is 102 cm³/mol. The second kappa shape index (κ2) is 8.00. The first-order valence-electron chi connectivity index (χ1n) is 9.36. The minimum Gasteiger partial charge on any atom is -0.356 e. The maximum absolute atomic E-state index is 13.3. The topological polar surface area (TPSA) is 81.8 Å². The molecule has 8 heteroatoms. The van der Waals surface area contributed by atoms with Crippen molar-refractivity contribution in [2.24, 2.45) is 5.92 Å². The van der Waals surface area contributed by atoms with E-state index in [1.165, 1.54) is 17.0 Å². The fourth-order valence-electron chi connectivity index (χ4n) is 3.35. The fraction of sp³-hybridized carbons (Fsp3) is 0.450. The minimum atomic E-state index is -0.633. The van der Waals surface area contributed by atoms with E-state index in [1.807, 2.05) is 13.8 Å². The number of amides is 4. The standard InChI is InChI=1S/C20H25FN4O3/c1-12(2)10-22-16(26)8-9-25-11-15-17(19(25)27)18(23-20(28)24(15)3)13-4-6-14(21)7-5-13/h4-7,12,18H,8-11H2,1-3H3,(H,22,26)(H,23,28)/t18-/m0/s1. The van der Waals surface area contributed by atoms with Crippen LogP contribution in [-0.4, -0.2) is 54.3 Å². The van der Waals surface area contributed by atoms with Gasteiger partial charge in [-0.05, 0) is 23.6 Å². The zero-order valence-electron chi connectivity index (χ0n) is 16.3. The van der Waals surface area contributed by atoms with Crippen molar-refractivity contribution in [1.29, 1.82) is 0 Å². The Balaban J connectivity index is 1.75. The second-order valence-electron chi connectivity index (χ2n) is 7.53. The van der Waals surface area contributed by atoms with E-state index in [0.29, 0.717) is 29.3 Å². The molecule has 1 aromatic carbocycles. The molecule has 0 fully saturated rings. The number of nitrogens with zero attached hydrogens (tertiary/aromatic N) is 2. The predicted octanol–water partition coefficient (Wildman–Crippen LogP) is 1.78. The van der Waals surface area contributed by atoms with Gasteiger partial charge in [-0.2, -0.15) is 0 Å². The summed E-state index contributed by atoms with van der Waals surface area (Å²) in [5.74, 6) is -0.352. The molecule has 150 valence electrons. The number of carbonyl (C=O) groups is 3. The van der Waals surface area contributed by atoms with E-state index in [-0.39, 0.29) is 43.2 Å². The number of nitrogens with one attached hydrogen (secondary N) is 2. The summed E-state index contributed by atoms with van der Waals surface area (Å²) in [7, 11) is 1.61. The van der Waals surface area contributed by atoms with Crippen LogP contribution in [0.5, 0.6) is 0 Å². The molecule has 0 bridgehead atoms.